The van der Waals surface area contributed by atoms with Gasteiger partial charge in [0, 0.05) is 18.5 Å². The lowest BCUT2D eigenvalue weighted by Gasteiger charge is -2.40. The first-order chi connectivity index (χ1) is 9.08. The molecular weight excluding hydrogens is 311 g/mol. The Morgan fingerprint density at radius 2 is 2.05 bits per heavy atom. The summed E-state index contributed by atoms with van der Waals surface area (Å²) in [6.07, 6.45) is 3.25. The van der Waals surface area contributed by atoms with E-state index in [1.165, 1.54) is 6.07 Å². The van der Waals surface area contributed by atoms with Gasteiger partial charge in [-0.25, -0.2) is 4.39 Å². The lowest BCUT2D eigenvalue weighted by molar-refractivity contribution is -0.138. The average Bonchev–Trinajstić information content (AvgIpc) is 3.19. The van der Waals surface area contributed by atoms with Crippen LogP contribution in [-0.2, 0) is 4.79 Å². The third-order valence-electron chi connectivity index (χ3n) is 3.91. The van der Waals surface area contributed by atoms with Crippen molar-refractivity contribution < 1.29 is 9.18 Å². The lowest BCUT2D eigenvalue weighted by atomic mass is 9.90. The Morgan fingerprint density at radius 3 is 2.68 bits per heavy atom. The van der Waals surface area contributed by atoms with E-state index in [1.54, 1.807) is 6.07 Å². The second-order valence-corrected chi connectivity index (χ2v) is 6.21. The summed E-state index contributed by atoms with van der Waals surface area (Å²) in [6, 6.07) is 5.03. The lowest BCUT2D eigenvalue weighted by Crippen LogP contribution is -2.49. The number of hydrogen-bond acceptors (Lipinski definition) is 2. The highest BCUT2D eigenvalue weighted by Gasteiger charge is 2.43. The van der Waals surface area contributed by atoms with Crippen molar-refractivity contribution in [3.63, 3.8) is 0 Å². The molecule has 2 atom stereocenters. The van der Waals surface area contributed by atoms with E-state index >= 15 is 0 Å². The Hall–Kier alpha value is -0.940. The number of carbonyl (C=O) groups excluding carboxylic acids is 1. The van der Waals surface area contributed by atoms with Gasteiger partial charge in [0.2, 0.25) is 5.91 Å². The molecule has 3 rings (SSSR count). The van der Waals surface area contributed by atoms with Crippen LogP contribution in [0, 0.1) is 5.82 Å². The molecule has 1 aliphatic carbocycles. The van der Waals surface area contributed by atoms with Gasteiger partial charge in [-0.2, -0.15) is 0 Å². The minimum atomic E-state index is -0.307. The minimum absolute atomic E-state index is 0.112. The number of carbonyl (C=O) groups is 1. The molecule has 19 heavy (non-hydrogen) atoms. The van der Waals surface area contributed by atoms with Gasteiger partial charge in [0.15, 0.2) is 0 Å². The Morgan fingerprint density at radius 1 is 1.32 bits per heavy atom. The Balaban J connectivity index is 1.97. The fourth-order valence-electron chi connectivity index (χ4n) is 2.83. The van der Waals surface area contributed by atoms with Crippen LogP contribution in [0.5, 0.6) is 0 Å². The van der Waals surface area contributed by atoms with E-state index in [1.807, 2.05) is 11.0 Å². The third kappa shape index (κ3) is 2.41. The molecule has 0 aromatic heterocycles. The number of nitrogens with two attached hydrogens (primary N) is 1. The minimum Gasteiger partial charge on any atom is -0.331 e. The van der Waals surface area contributed by atoms with Crippen LogP contribution >= 0.6 is 15.9 Å². The normalized spacial score (nSPS) is 27.7. The van der Waals surface area contributed by atoms with Crippen LogP contribution in [0.2, 0.25) is 0 Å². The van der Waals surface area contributed by atoms with Crippen LogP contribution in [-0.4, -0.2) is 22.9 Å². The van der Waals surface area contributed by atoms with Crippen LogP contribution in [0.3, 0.4) is 0 Å². The van der Waals surface area contributed by atoms with Crippen LogP contribution in [0.25, 0.3) is 0 Å². The topological polar surface area (TPSA) is 46.3 Å². The van der Waals surface area contributed by atoms with E-state index in [-0.39, 0.29) is 23.8 Å². The number of rotatable bonds is 2. The highest BCUT2D eigenvalue weighted by atomic mass is 79.9. The maximum atomic E-state index is 13.7. The number of amides is 1. The van der Waals surface area contributed by atoms with Gasteiger partial charge in [-0.3, -0.25) is 4.79 Å². The predicted octanol–water partition coefficient (Wildman–Crippen LogP) is 2.74. The van der Waals surface area contributed by atoms with Crippen LogP contribution in [0.4, 0.5) is 4.39 Å². The van der Waals surface area contributed by atoms with Crippen molar-refractivity contribution in [1.82, 2.24) is 4.90 Å². The molecule has 1 aliphatic heterocycles. The number of hydrogen-bond donors (Lipinski definition) is 1. The summed E-state index contributed by atoms with van der Waals surface area (Å²) in [5.74, 6) is -0.156. The summed E-state index contributed by atoms with van der Waals surface area (Å²) in [4.78, 5) is 14.0. The fraction of sp³-hybridized carbons (Fsp3) is 0.500. The quantitative estimate of drug-likeness (QED) is 0.908. The van der Waals surface area contributed by atoms with Crippen molar-refractivity contribution in [3.05, 3.63) is 34.1 Å². The SMILES string of the molecule is NC1CCC(=O)N(C2CC2)C1c1ccc(Br)c(F)c1. The van der Waals surface area contributed by atoms with Gasteiger partial charge in [-0.1, -0.05) is 6.07 Å². The largest absolute Gasteiger partial charge is 0.331 e. The molecule has 1 amide bonds. The number of piperidine rings is 1. The molecule has 1 aromatic rings. The molecule has 2 aliphatic rings. The van der Waals surface area contributed by atoms with Crippen LogP contribution in [0.1, 0.15) is 37.3 Å². The molecule has 0 radical (unpaired) electrons. The van der Waals surface area contributed by atoms with E-state index in [0.717, 1.165) is 18.4 Å². The molecular formula is C14H16BrFN2O. The van der Waals surface area contributed by atoms with Gasteiger partial charge < -0.3 is 10.6 Å². The molecule has 3 nitrogen and oxygen atoms in total. The molecule has 1 aromatic carbocycles. The molecule has 0 spiro atoms. The molecule has 2 N–H and O–H groups in total. The predicted molar refractivity (Wildman–Crippen MR) is 73.9 cm³/mol. The van der Waals surface area contributed by atoms with E-state index < -0.39 is 0 Å². The standard InChI is InChI=1S/C14H16BrFN2O/c15-10-4-1-8(7-11(10)16)14-12(17)5-6-13(19)18(14)9-2-3-9/h1,4,7,9,12,14H,2-3,5-6,17H2. The molecule has 0 bridgehead atoms. The van der Waals surface area contributed by atoms with E-state index in [2.05, 4.69) is 15.9 Å². The average molecular weight is 327 g/mol. The summed E-state index contributed by atoms with van der Waals surface area (Å²) in [7, 11) is 0. The first kappa shape index (κ1) is 13.1. The molecule has 102 valence electrons. The van der Waals surface area contributed by atoms with Crippen molar-refractivity contribution in [1.29, 1.82) is 0 Å². The summed E-state index contributed by atoms with van der Waals surface area (Å²) in [5.41, 5.74) is 6.99. The van der Waals surface area contributed by atoms with E-state index in [9.17, 15) is 9.18 Å². The van der Waals surface area contributed by atoms with Gasteiger partial charge in [-0.05, 0) is 52.9 Å². The summed E-state index contributed by atoms with van der Waals surface area (Å²) in [6.45, 7) is 0. The van der Waals surface area contributed by atoms with Crippen LogP contribution < -0.4 is 5.73 Å². The Bertz CT molecular complexity index is 518. The number of nitrogens with zero attached hydrogens (tertiary/aromatic N) is 1. The zero-order chi connectivity index (χ0) is 13.6. The zero-order valence-electron chi connectivity index (χ0n) is 10.5. The van der Waals surface area contributed by atoms with Crippen molar-refractivity contribution in [2.24, 2.45) is 5.73 Å². The Kier molecular flexibility index (Phi) is 3.35. The van der Waals surface area contributed by atoms with E-state index in [0.29, 0.717) is 23.4 Å². The van der Waals surface area contributed by atoms with Crippen molar-refractivity contribution in [2.45, 2.75) is 43.8 Å². The fourth-order valence-corrected chi connectivity index (χ4v) is 3.07. The smallest absolute Gasteiger partial charge is 0.223 e. The first-order valence-electron chi connectivity index (χ1n) is 6.59. The highest BCUT2D eigenvalue weighted by Crippen LogP contribution is 2.40. The van der Waals surface area contributed by atoms with Crippen molar-refractivity contribution >= 4 is 21.8 Å². The third-order valence-corrected chi connectivity index (χ3v) is 4.55. The number of likely N-dealkylation sites (tertiary alicyclic amines) is 1. The number of halogens is 2. The van der Waals surface area contributed by atoms with Gasteiger partial charge in [0.05, 0.1) is 10.5 Å². The highest BCUT2D eigenvalue weighted by molar-refractivity contribution is 9.10. The van der Waals surface area contributed by atoms with Gasteiger partial charge in [0.1, 0.15) is 5.82 Å². The molecule has 2 unspecified atom stereocenters. The molecule has 5 heteroatoms. The molecule has 1 saturated carbocycles. The second-order valence-electron chi connectivity index (χ2n) is 5.35. The maximum Gasteiger partial charge on any atom is 0.223 e. The van der Waals surface area contributed by atoms with Crippen LogP contribution in [0.15, 0.2) is 22.7 Å². The Labute approximate surface area is 120 Å². The molecule has 1 heterocycles. The molecule has 2 fully saturated rings. The zero-order valence-corrected chi connectivity index (χ0v) is 12.1. The summed E-state index contributed by atoms with van der Waals surface area (Å²) >= 11 is 3.15. The maximum absolute atomic E-state index is 13.7. The second kappa shape index (κ2) is 4.87. The van der Waals surface area contributed by atoms with Gasteiger partial charge in [0.25, 0.3) is 0 Å². The van der Waals surface area contributed by atoms with Gasteiger partial charge >= 0.3 is 0 Å². The van der Waals surface area contributed by atoms with E-state index in [4.69, 9.17) is 5.73 Å². The van der Waals surface area contributed by atoms with Crippen molar-refractivity contribution in [3.8, 4) is 0 Å². The monoisotopic (exact) mass is 326 g/mol. The van der Waals surface area contributed by atoms with Crippen molar-refractivity contribution in [2.75, 3.05) is 0 Å². The summed E-state index contributed by atoms with van der Waals surface area (Å²) < 4.78 is 14.1. The first-order valence-corrected chi connectivity index (χ1v) is 7.39. The number of benzene rings is 1. The molecule has 1 saturated heterocycles. The summed E-state index contributed by atoms with van der Waals surface area (Å²) in [5, 5.41) is 0. The van der Waals surface area contributed by atoms with Gasteiger partial charge in [-0.15, -0.1) is 0 Å².